The highest BCUT2D eigenvalue weighted by molar-refractivity contribution is 6.04. The molecule has 7 nitrogen and oxygen atoms in total. The molecule has 4 aromatic rings. The van der Waals surface area contributed by atoms with Gasteiger partial charge in [-0.2, -0.15) is 0 Å². The van der Waals surface area contributed by atoms with Crippen molar-refractivity contribution in [2.24, 2.45) is 0 Å². The largest absolute Gasteiger partial charge is 0.497 e. The van der Waals surface area contributed by atoms with Gasteiger partial charge in [0.05, 0.1) is 19.1 Å². The molecule has 2 aromatic heterocycles. The summed E-state index contributed by atoms with van der Waals surface area (Å²) in [5.41, 5.74) is 3.15. The van der Waals surface area contributed by atoms with Gasteiger partial charge in [0, 0.05) is 36.2 Å². The predicted octanol–water partition coefficient (Wildman–Crippen LogP) is 4.77. The van der Waals surface area contributed by atoms with Crippen molar-refractivity contribution in [3.63, 3.8) is 0 Å². The Morgan fingerprint density at radius 3 is 2.73 bits per heavy atom. The second-order valence-corrected chi connectivity index (χ2v) is 6.51. The number of anilines is 3. The smallest absolute Gasteiger partial charge is 0.293 e. The van der Waals surface area contributed by atoms with Crippen LogP contribution in [0.5, 0.6) is 5.75 Å². The van der Waals surface area contributed by atoms with E-state index in [4.69, 9.17) is 9.15 Å². The number of aromatic nitrogens is 2. The molecular weight excluding hydrogens is 380 g/mol. The Labute approximate surface area is 174 Å². The average Bonchev–Trinajstić information content (AvgIpc) is 3.33. The van der Waals surface area contributed by atoms with Crippen LogP contribution in [0.2, 0.25) is 0 Å². The summed E-state index contributed by atoms with van der Waals surface area (Å²) >= 11 is 0. The van der Waals surface area contributed by atoms with Crippen molar-refractivity contribution in [1.82, 2.24) is 9.97 Å². The molecule has 2 heterocycles. The number of ether oxygens (including phenoxy) is 1. The molecule has 0 aliphatic carbocycles. The van der Waals surface area contributed by atoms with Crippen LogP contribution < -0.4 is 15.0 Å². The zero-order chi connectivity index (χ0) is 20.9. The quantitative estimate of drug-likeness (QED) is 0.502. The van der Waals surface area contributed by atoms with Crippen molar-refractivity contribution in [3.8, 4) is 17.0 Å². The molecule has 0 radical (unpaired) electrons. The maximum Gasteiger partial charge on any atom is 0.293 e. The average molecular weight is 400 g/mol. The lowest BCUT2D eigenvalue weighted by Gasteiger charge is -2.17. The number of methoxy groups -OCH3 is 1. The zero-order valence-corrected chi connectivity index (χ0v) is 16.6. The summed E-state index contributed by atoms with van der Waals surface area (Å²) < 4.78 is 10.5. The van der Waals surface area contributed by atoms with Crippen LogP contribution in [0, 0.1) is 0 Å². The predicted molar refractivity (Wildman–Crippen MR) is 115 cm³/mol. The first-order chi connectivity index (χ1) is 14.6. The molecule has 0 saturated carbocycles. The molecular formula is C23H20N4O3. The van der Waals surface area contributed by atoms with E-state index < -0.39 is 0 Å². The molecule has 2 aromatic carbocycles. The molecule has 150 valence electrons. The molecule has 0 saturated heterocycles. The number of amides is 1. The SMILES string of the molecule is COc1cccc(Nc2nccc(-c3cccc(N(C)C(=O)c4ccco4)c3)n2)c1. The lowest BCUT2D eigenvalue weighted by molar-refractivity contribution is 0.0966. The fourth-order valence-electron chi connectivity index (χ4n) is 2.97. The lowest BCUT2D eigenvalue weighted by atomic mass is 10.1. The second kappa shape index (κ2) is 8.48. The van der Waals surface area contributed by atoms with Crippen LogP contribution in [0.25, 0.3) is 11.3 Å². The van der Waals surface area contributed by atoms with Crippen LogP contribution in [0.1, 0.15) is 10.6 Å². The van der Waals surface area contributed by atoms with Gasteiger partial charge in [0.2, 0.25) is 5.95 Å². The van der Waals surface area contributed by atoms with E-state index in [1.54, 1.807) is 37.4 Å². The van der Waals surface area contributed by atoms with Gasteiger partial charge in [0.15, 0.2) is 5.76 Å². The van der Waals surface area contributed by atoms with Gasteiger partial charge in [-0.05, 0) is 42.5 Å². The van der Waals surface area contributed by atoms with Crippen LogP contribution in [0.15, 0.2) is 83.6 Å². The minimum atomic E-state index is -0.222. The molecule has 0 atom stereocenters. The Morgan fingerprint density at radius 1 is 1.07 bits per heavy atom. The van der Waals surface area contributed by atoms with Gasteiger partial charge >= 0.3 is 0 Å². The number of hydrogen-bond acceptors (Lipinski definition) is 6. The summed E-state index contributed by atoms with van der Waals surface area (Å²) in [5.74, 6) is 1.27. The first-order valence-corrected chi connectivity index (χ1v) is 9.30. The number of rotatable bonds is 6. The van der Waals surface area contributed by atoms with Crippen molar-refractivity contribution >= 4 is 23.2 Å². The van der Waals surface area contributed by atoms with Crippen molar-refractivity contribution in [3.05, 3.63) is 85.0 Å². The third kappa shape index (κ3) is 4.15. The number of furan rings is 1. The van der Waals surface area contributed by atoms with Crippen LogP contribution >= 0.6 is 0 Å². The molecule has 4 rings (SSSR count). The minimum Gasteiger partial charge on any atom is -0.497 e. The maximum atomic E-state index is 12.5. The van der Waals surface area contributed by atoms with Crippen LogP contribution in [0.4, 0.5) is 17.3 Å². The van der Waals surface area contributed by atoms with Gasteiger partial charge in [-0.15, -0.1) is 0 Å². The first-order valence-electron chi connectivity index (χ1n) is 9.30. The summed E-state index contributed by atoms with van der Waals surface area (Å²) in [7, 11) is 3.33. The second-order valence-electron chi connectivity index (χ2n) is 6.51. The third-order valence-corrected chi connectivity index (χ3v) is 4.55. The lowest BCUT2D eigenvalue weighted by Crippen LogP contribution is -2.25. The van der Waals surface area contributed by atoms with Crippen molar-refractivity contribution in [2.75, 3.05) is 24.4 Å². The van der Waals surface area contributed by atoms with E-state index in [1.807, 2.05) is 54.6 Å². The molecule has 0 aliphatic rings. The number of nitrogens with one attached hydrogen (secondary N) is 1. The minimum absolute atomic E-state index is 0.222. The molecule has 1 N–H and O–H groups in total. The molecule has 0 bridgehead atoms. The fraction of sp³-hybridized carbons (Fsp3) is 0.0870. The van der Waals surface area contributed by atoms with Gasteiger partial charge in [0.25, 0.3) is 5.91 Å². The van der Waals surface area contributed by atoms with E-state index in [9.17, 15) is 4.79 Å². The van der Waals surface area contributed by atoms with E-state index in [0.717, 1.165) is 28.4 Å². The van der Waals surface area contributed by atoms with E-state index in [0.29, 0.717) is 5.95 Å². The normalized spacial score (nSPS) is 10.5. The Hall–Kier alpha value is -4.13. The Bertz CT molecular complexity index is 1160. The number of nitrogens with zero attached hydrogens (tertiary/aromatic N) is 3. The molecule has 7 heteroatoms. The summed E-state index contributed by atoms with van der Waals surface area (Å²) in [4.78, 5) is 23.0. The maximum absolute atomic E-state index is 12.5. The van der Waals surface area contributed by atoms with Crippen LogP contribution in [0.3, 0.4) is 0 Å². The Balaban J connectivity index is 1.58. The van der Waals surface area contributed by atoms with E-state index in [-0.39, 0.29) is 11.7 Å². The monoisotopic (exact) mass is 400 g/mol. The van der Waals surface area contributed by atoms with Gasteiger partial charge < -0.3 is 19.4 Å². The Kier molecular flexibility index (Phi) is 5.43. The summed E-state index contributed by atoms with van der Waals surface area (Å²) in [6, 6.07) is 20.3. The van der Waals surface area contributed by atoms with Gasteiger partial charge in [-0.1, -0.05) is 18.2 Å². The van der Waals surface area contributed by atoms with Crippen molar-refractivity contribution < 1.29 is 13.9 Å². The molecule has 0 aliphatic heterocycles. The van der Waals surface area contributed by atoms with Crippen molar-refractivity contribution in [2.45, 2.75) is 0 Å². The van der Waals surface area contributed by atoms with Gasteiger partial charge in [-0.3, -0.25) is 4.79 Å². The van der Waals surface area contributed by atoms with E-state index in [2.05, 4.69) is 15.3 Å². The number of benzene rings is 2. The van der Waals surface area contributed by atoms with E-state index >= 15 is 0 Å². The van der Waals surface area contributed by atoms with Crippen LogP contribution in [-0.4, -0.2) is 30.0 Å². The summed E-state index contributed by atoms with van der Waals surface area (Å²) in [6.07, 6.45) is 3.17. The summed E-state index contributed by atoms with van der Waals surface area (Å²) in [6.45, 7) is 0. The molecule has 1 amide bonds. The Morgan fingerprint density at radius 2 is 1.93 bits per heavy atom. The highest BCUT2D eigenvalue weighted by Gasteiger charge is 2.16. The van der Waals surface area contributed by atoms with Gasteiger partial charge in [0.1, 0.15) is 5.75 Å². The number of carbonyl (C=O) groups is 1. The first kappa shape index (κ1) is 19.2. The van der Waals surface area contributed by atoms with Crippen molar-refractivity contribution in [1.29, 1.82) is 0 Å². The molecule has 0 unspecified atom stereocenters. The van der Waals surface area contributed by atoms with E-state index in [1.165, 1.54) is 6.26 Å². The molecule has 0 spiro atoms. The van der Waals surface area contributed by atoms with Crippen LogP contribution in [-0.2, 0) is 0 Å². The molecule has 30 heavy (non-hydrogen) atoms. The standard InChI is InChI=1S/C23H20N4O3/c1-27(22(28)21-10-5-13-30-21)18-8-3-6-16(14-18)20-11-12-24-23(26-20)25-17-7-4-9-19(15-17)29-2/h3-15H,1-2H3,(H,24,25,26). The highest BCUT2D eigenvalue weighted by Crippen LogP contribution is 2.25. The zero-order valence-electron chi connectivity index (χ0n) is 16.6. The highest BCUT2D eigenvalue weighted by atomic mass is 16.5. The fourth-order valence-corrected chi connectivity index (χ4v) is 2.97. The topological polar surface area (TPSA) is 80.5 Å². The third-order valence-electron chi connectivity index (χ3n) is 4.55. The number of carbonyl (C=O) groups excluding carboxylic acids is 1. The number of hydrogen-bond donors (Lipinski definition) is 1. The summed E-state index contributed by atoms with van der Waals surface area (Å²) in [5, 5.41) is 3.18. The van der Waals surface area contributed by atoms with Gasteiger partial charge in [-0.25, -0.2) is 9.97 Å². The molecule has 0 fully saturated rings.